The van der Waals surface area contributed by atoms with Crippen molar-refractivity contribution in [2.45, 2.75) is 99.4 Å². The third kappa shape index (κ3) is 9.22. The van der Waals surface area contributed by atoms with Gasteiger partial charge in [0.25, 0.3) is 11.5 Å². The van der Waals surface area contributed by atoms with Gasteiger partial charge in [-0.2, -0.15) is 5.10 Å². The van der Waals surface area contributed by atoms with Crippen molar-refractivity contribution < 1.29 is 14.3 Å². The molecular formula is C44H52ClN7O4. The molecule has 12 heteroatoms. The third-order valence-electron chi connectivity index (χ3n) is 10.2. The van der Waals surface area contributed by atoms with Crippen LogP contribution >= 0.6 is 11.6 Å². The summed E-state index contributed by atoms with van der Waals surface area (Å²) >= 11 is 6.72. The van der Waals surface area contributed by atoms with Crippen LogP contribution in [0.25, 0.3) is 21.7 Å². The summed E-state index contributed by atoms with van der Waals surface area (Å²) in [4.78, 5) is 39.1. The average molecular weight is 778 g/mol. The van der Waals surface area contributed by atoms with E-state index in [1.54, 1.807) is 35.2 Å². The van der Waals surface area contributed by atoms with Crippen LogP contribution in [0.1, 0.15) is 87.5 Å². The number of aromatic nitrogens is 5. The van der Waals surface area contributed by atoms with Crippen molar-refractivity contribution in [1.82, 2.24) is 24.3 Å². The topological polar surface area (TPSA) is 125 Å². The number of rotatable bonds is 17. The number of halogens is 1. The van der Waals surface area contributed by atoms with Gasteiger partial charge in [0.2, 0.25) is 6.29 Å². The van der Waals surface area contributed by atoms with Gasteiger partial charge in [-0.15, -0.1) is 0 Å². The zero-order valence-corrected chi connectivity index (χ0v) is 34.1. The molecule has 2 heterocycles. The fraction of sp³-hybridized carbons (Fsp3) is 0.386. The quantitative estimate of drug-likeness (QED) is 0.0693. The Morgan fingerprint density at radius 3 is 2.36 bits per heavy atom. The van der Waals surface area contributed by atoms with E-state index >= 15 is 0 Å². The van der Waals surface area contributed by atoms with Gasteiger partial charge in [0.1, 0.15) is 30.0 Å². The van der Waals surface area contributed by atoms with Gasteiger partial charge in [0.15, 0.2) is 6.04 Å². The van der Waals surface area contributed by atoms with Gasteiger partial charge in [0, 0.05) is 18.7 Å². The molecule has 0 saturated carbocycles. The van der Waals surface area contributed by atoms with E-state index in [0.717, 1.165) is 53.3 Å². The first-order valence-corrected chi connectivity index (χ1v) is 19.9. The Hall–Kier alpha value is -5.26. The van der Waals surface area contributed by atoms with E-state index in [2.05, 4.69) is 40.6 Å². The van der Waals surface area contributed by atoms with Crippen LogP contribution in [0.4, 0.5) is 11.4 Å². The van der Waals surface area contributed by atoms with Gasteiger partial charge in [-0.05, 0) is 92.8 Å². The number of anilines is 2. The Morgan fingerprint density at radius 1 is 0.911 bits per heavy atom. The Balaban J connectivity index is 1.34. The molecule has 0 spiro atoms. The highest BCUT2D eigenvalue weighted by molar-refractivity contribution is 6.33. The maximum Gasteiger partial charge on any atom is 0.261 e. The first-order valence-electron chi connectivity index (χ1n) is 19.5. The zero-order valence-electron chi connectivity index (χ0n) is 33.4. The van der Waals surface area contributed by atoms with Crippen molar-refractivity contribution >= 4 is 50.6 Å². The van der Waals surface area contributed by atoms with Crippen LogP contribution < -0.4 is 20.9 Å². The Labute approximate surface area is 333 Å². The zero-order chi connectivity index (χ0) is 39.9. The van der Waals surface area contributed by atoms with Gasteiger partial charge in [-0.1, -0.05) is 93.6 Å². The summed E-state index contributed by atoms with van der Waals surface area (Å²) in [5.41, 5.74) is 3.55. The van der Waals surface area contributed by atoms with Crippen LogP contribution in [-0.2, 0) is 16.1 Å². The number of hydrogen-bond acceptors (Lipinski definition) is 8. The number of nitrogens with zero attached hydrogens (tertiary/aromatic N) is 5. The summed E-state index contributed by atoms with van der Waals surface area (Å²) < 4.78 is 15.4. The smallest absolute Gasteiger partial charge is 0.261 e. The molecule has 4 aromatic carbocycles. The van der Waals surface area contributed by atoms with Gasteiger partial charge in [-0.25, -0.2) is 14.6 Å². The van der Waals surface area contributed by atoms with E-state index in [-0.39, 0.29) is 24.0 Å². The second-order valence-corrected chi connectivity index (χ2v) is 14.9. The van der Waals surface area contributed by atoms with Gasteiger partial charge < -0.3 is 20.1 Å². The fourth-order valence-electron chi connectivity index (χ4n) is 7.06. The SMILES string of the molecule is CCCCC(CC)Cn1c(C(C(=O)Nc2cc(NCOC(CC)Oc3ccc(C)cc3C)ccc2Cl)n2nc(C)nc2C)nc2cc3ccccc3cc2c1=O. The third-order valence-corrected chi connectivity index (χ3v) is 10.5. The monoisotopic (exact) mass is 777 g/mol. The largest absolute Gasteiger partial charge is 0.465 e. The molecule has 6 aromatic rings. The molecule has 0 saturated heterocycles. The van der Waals surface area contributed by atoms with Crippen molar-refractivity contribution in [2.24, 2.45) is 5.92 Å². The number of nitrogens with one attached hydrogen (secondary N) is 2. The maximum atomic E-state index is 14.8. The lowest BCUT2D eigenvalue weighted by Gasteiger charge is -2.25. The van der Waals surface area contributed by atoms with Crippen molar-refractivity contribution in [3.8, 4) is 5.75 Å². The number of ether oxygens (including phenoxy) is 2. The van der Waals surface area contributed by atoms with E-state index < -0.39 is 18.2 Å². The highest BCUT2D eigenvalue weighted by atomic mass is 35.5. The van der Waals surface area contributed by atoms with E-state index in [9.17, 15) is 9.59 Å². The first kappa shape index (κ1) is 40.4. The number of carbonyl (C=O) groups excluding carboxylic acids is 1. The molecule has 3 unspecified atom stereocenters. The normalized spacial score (nSPS) is 13.1. The minimum absolute atomic E-state index is 0.150. The van der Waals surface area contributed by atoms with Crippen molar-refractivity contribution in [3.63, 3.8) is 0 Å². The second-order valence-electron chi connectivity index (χ2n) is 14.5. The molecule has 0 aliphatic carbocycles. The van der Waals surface area contributed by atoms with Gasteiger partial charge >= 0.3 is 0 Å². The summed E-state index contributed by atoms with van der Waals surface area (Å²) in [6.45, 7) is 14.5. The molecular weight excluding hydrogens is 726 g/mol. The lowest BCUT2D eigenvalue weighted by Crippen LogP contribution is -2.37. The van der Waals surface area contributed by atoms with E-state index in [4.69, 9.17) is 26.1 Å². The molecule has 56 heavy (non-hydrogen) atoms. The highest BCUT2D eigenvalue weighted by Gasteiger charge is 2.32. The molecule has 0 fully saturated rings. The number of hydrogen-bond donors (Lipinski definition) is 2. The summed E-state index contributed by atoms with van der Waals surface area (Å²) in [7, 11) is 0. The second kappa shape index (κ2) is 18.1. The standard InChI is InChI=1S/C44H52ClN7O4/c1-8-11-14-31(9-2)25-51-42(48-37-23-33-16-13-12-15-32(33)22-35(37)44(51)54)41(52-30(7)47-29(6)50-52)43(53)49-38-24-34(18-19-36(38)45)46-26-55-40(10-3)56-39-20-17-27(4)21-28(39)5/h12-13,15-24,31,40-41,46H,8-11,14,25-26H2,1-7H3,(H,49,53). The molecule has 3 atom stereocenters. The number of unbranched alkanes of at least 4 members (excludes halogenated alkanes) is 1. The molecule has 294 valence electrons. The fourth-order valence-corrected chi connectivity index (χ4v) is 7.23. The van der Waals surface area contributed by atoms with Crippen LogP contribution in [0.5, 0.6) is 5.75 Å². The number of benzene rings is 4. The number of fused-ring (bicyclic) bond motifs is 2. The van der Waals surface area contributed by atoms with Crippen LogP contribution in [0.3, 0.4) is 0 Å². The molecule has 6 rings (SSSR count). The lowest BCUT2D eigenvalue weighted by atomic mass is 9.98. The van der Waals surface area contributed by atoms with Gasteiger partial charge in [0.05, 0.1) is 21.6 Å². The minimum Gasteiger partial charge on any atom is -0.465 e. The minimum atomic E-state index is -1.15. The van der Waals surface area contributed by atoms with Crippen LogP contribution in [-0.4, -0.2) is 43.2 Å². The molecule has 1 amide bonds. The Morgan fingerprint density at radius 2 is 1.68 bits per heavy atom. The van der Waals surface area contributed by atoms with Crippen molar-refractivity contribution in [3.05, 3.63) is 117 Å². The summed E-state index contributed by atoms with van der Waals surface area (Å²) in [6.07, 6.45) is 4.07. The van der Waals surface area contributed by atoms with Crippen molar-refractivity contribution in [1.29, 1.82) is 0 Å². The van der Waals surface area contributed by atoms with Crippen LogP contribution in [0, 0.1) is 33.6 Å². The van der Waals surface area contributed by atoms with E-state index in [0.29, 0.717) is 51.9 Å². The van der Waals surface area contributed by atoms with Crippen LogP contribution in [0.15, 0.2) is 77.6 Å². The summed E-state index contributed by atoms with van der Waals surface area (Å²) in [5, 5.41) is 13.7. The molecule has 2 N–H and O–H groups in total. The lowest BCUT2D eigenvalue weighted by molar-refractivity contribution is -0.118. The van der Waals surface area contributed by atoms with Crippen LogP contribution in [0.2, 0.25) is 5.02 Å². The van der Waals surface area contributed by atoms with Crippen molar-refractivity contribution in [2.75, 3.05) is 17.4 Å². The summed E-state index contributed by atoms with van der Waals surface area (Å²) in [5.74, 6) is 1.79. The molecule has 0 radical (unpaired) electrons. The molecule has 11 nitrogen and oxygen atoms in total. The predicted octanol–water partition coefficient (Wildman–Crippen LogP) is 9.67. The van der Waals surface area contributed by atoms with E-state index in [1.165, 1.54) is 0 Å². The number of carbonyl (C=O) groups is 1. The Kier molecular flexibility index (Phi) is 13.1. The number of amides is 1. The average Bonchev–Trinajstić information content (AvgIpc) is 3.51. The number of aryl methyl sites for hydroxylation is 4. The predicted molar refractivity (Wildman–Crippen MR) is 225 cm³/mol. The Bertz CT molecular complexity index is 2390. The summed E-state index contributed by atoms with van der Waals surface area (Å²) in [6, 6.07) is 21.8. The first-order chi connectivity index (χ1) is 27.0. The molecule has 0 bridgehead atoms. The maximum absolute atomic E-state index is 14.8. The highest BCUT2D eigenvalue weighted by Crippen LogP contribution is 2.30. The van der Waals surface area contributed by atoms with Gasteiger partial charge in [-0.3, -0.25) is 14.2 Å². The van der Waals surface area contributed by atoms with E-state index in [1.807, 2.05) is 75.4 Å². The molecule has 0 aliphatic rings. The molecule has 0 aliphatic heterocycles. The molecule has 2 aromatic heterocycles.